The maximum atomic E-state index is 12.6. The van der Waals surface area contributed by atoms with Crippen LogP contribution in [-0.2, 0) is 16.0 Å². The number of anilines is 2. The summed E-state index contributed by atoms with van der Waals surface area (Å²) in [5.74, 6) is -0.166. The van der Waals surface area contributed by atoms with Gasteiger partial charge >= 0.3 is 0 Å². The van der Waals surface area contributed by atoms with Gasteiger partial charge in [-0.05, 0) is 24.3 Å². The first-order valence-corrected chi connectivity index (χ1v) is 8.84. The summed E-state index contributed by atoms with van der Waals surface area (Å²) in [4.78, 5) is 14.7. The minimum atomic E-state index is -0.166. The summed E-state index contributed by atoms with van der Waals surface area (Å²) >= 11 is 6.41. The van der Waals surface area contributed by atoms with E-state index in [2.05, 4.69) is 15.4 Å². The molecule has 134 valence electrons. The minimum Gasteiger partial charge on any atom is -0.378 e. The molecule has 1 N–H and O–H groups in total. The number of morpholine rings is 1. The van der Waals surface area contributed by atoms with Crippen molar-refractivity contribution in [2.75, 3.05) is 36.5 Å². The van der Waals surface area contributed by atoms with Gasteiger partial charge in [0.1, 0.15) is 5.69 Å². The van der Waals surface area contributed by atoms with Gasteiger partial charge in [-0.2, -0.15) is 0 Å². The van der Waals surface area contributed by atoms with E-state index in [0.29, 0.717) is 35.2 Å². The Morgan fingerprint density at radius 3 is 2.81 bits per heavy atom. The number of nitrogens with zero attached hydrogens (tertiary/aromatic N) is 2. The molecule has 0 radical (unpaired) electrons. The van der Waals surface area contributed by atoms with Gasteiger partial charge in [-0.25, -0.2) is 0 Å². The molecule has 6 nitrogen and oxygen atoms in total. The van der Waals surface area contributed by atoms with Crippen molar-refractivity contribution in [3.05, 3.63) is 53.2 Å². The Balaban J connectivity index is 1.55. The second kappa shape index (κ2) is 7.35. The predicted octanol–water partition coefficient (Wildman–Crippen LogP) is 3.50. The van der Waals surface area contributed by atoms with Gasteiger partial charge in [0.2, 0.25) is 5.91 Å². The Hall–Kier alpha value is -2.57. The van der Waals surface area contributed by atoms with Crippen molar-refractivity contribution in [2.45, 2.75) is 6.42 Å². The molecule has 2 heterocycles. The average Bonchev–Trinajstić information content (AvgIpc) is 3.05. The maximum absolute atomic E-state index is 12.6. The fraction of sp³-hybridized carbons (Fsp3) is 0.263. The molecule has 0 atom stereocenters. The summed E-state index contributed by atoms with van der Waals surface area (Å²) in [6.07, 6.45) is 0.131. The van der Waals surface area contributed by atoms with Crippen LogP contribution >= 0.6 is 11.6 Å². The summed E-state index contributed by atoms with van der Waals surface area (Å²) in [7, 11) is 0. The van der Waals surface area contributed by atoms with Gasteiger partial charge in [-0.3, -0.25) is 4.79 Å². The smallest absolute Gasteiger partial charge is 0.230 e. The second-order valence-corrected chi connectivity index (χ2v) is 6.49. The lowest BCUT2D eigenvalue weighted by Gasteiger charge is -2.31. The normalized spacial score (nSPS) is 14.6. The van der Waals surface area contributed by atoms with Crippen LogP contribution in [-0.4, -0.2) is 37.4 Å². The molecular formula is C19H18ClN3O3. The van der Waals surface area contributed by atoms with Gasteiger partial charge in [0.25, 0.3) is 0 Å². The third-order valence-corrected chi connectivity index (χ3v) is 4.67. The number of benzene rings is 2. The monoisotopic (exact) mass is 371 g/mol. The van der Waals surface area contributed by atoms with Crippen LogP contribution in [0.5, 0.6) is 0 Å². The van der Waals surface area contributed by atoms with Gasteiger partial charge in [0, 0.05) is 18.5 Å². The van der Waals surface area contributed by atoms with E-state index in [-0.39, 0.29) is 12.3 Å². The highest BCUT2D eigenvalue weighted by molar-refractivity contribution is 6.34. The molecule has 1 aliphatic heterocycles. The summed E-state index contributed by atoms with van der Waals surface area (Å²) in [5.41, 5.74) is 2.81. The molecule has 0 bridgehead atoms. The summed E-state index contributed by atoms with van der Waals surface area (Å²) in [5, 5.41) is 8.44. The number of carbonyl (C=O) groups excluding carboxylic acids is 1. The molecule has 0 unspecified atom stereocenters. The van der Waals surface area contributed by atoms with E-state index < -0.39 is 0 Å². The van der Waals surface area contributed by atoms with Crippen LogP contribution in [0.3, 0.4) is 0 Å². The first-order valence-electron chi connectivity index (χ1n) is 8.47. The zero-order valence-corrected chi connectivity index (χ0v) is 14.8. The van der Waals surface area contributed by atoms with Crippen molar-refractivity contribution in [1.82, 2.24) is 5.16 Å². The number of hydrogen-bond acceptors (Lipinski definition) is 5. The van der Waals surface area contributed by atoms with E-state index in [1.807, 2.05) is 42.5 Å². The van der Waals surface area contributed by atoms with Gasteiger partial charge in [0.05, 0.1) is 36.0 Å². The number of halogens is 1. The number of fused-ring (bicyclic) bond motifs is 1. The maximum Gasteiger partial charge on any atom is 0.230 e. The SMILES string of the molecule is O=C(Cc1noc2ccccc12)Nc1cccc(Cl)c1N1CCOCC1. The lowest BCUT2D eigenvalue weighted by Crippen LogP contribution is -2.37. The molecule has 1 saturated heterocycles. The van der Waals surface area contributed by atoms with Crippen molar-refractivity contribution >= 4 is 39.9 Å². The number of hydrogen-bond donors (Lipinski definition) is 1. The number of carbonyl (C=O) groups is 1. The van der Waals surface area contributed by atoms with Crippen molar-refractivity contribution in [1.29, 1.82) is 0 Å². The van der Waals surface area contributed by atoms with Crippen molar-refractivity contribution in [3.8, 4) is 0 Å². The number of aromatic nitrogens is 1. The minimum absolute atomic E-state index is 0.131. The fourth-order valence-electron chi connectivity index (χ4n) is 3.14. The van der Waals surface area contributed by atoms with Crippen LogP contribution in [0.1, 0.15) is 5.69 Å². The zero-order chi connectivity index (χ0) is 17.9. The third-order valence-electron chi connectivity index (χ3n) is 4.37. The second-order valence-electron chi connectivity index (χ2n) is 6.09. The lowest BCUT2D eigenvalue weighted by atomic mass is 10.1. The molecule has 1 aromatic heterocycles. The standard InChI is InChI=1S/C19H18ClN3O3/c20-14-5-3-6-15(19(14)23-8-10-25-11-9-23)21-18(24)12-16-13-4-1-2-7-17(13)26-22-16/h1-7H,8-12H2,(H,21,24). The van der Waals surface area contributed by atoms with E-state index in [0.717, 1.165) is 24.2 Å². The van der Waals surface area contributed by atoms with E-state index in [4.69, 9.17) is 20.9 Å². The molecule has 1 aliphatic rings. The van der Waals surface area contributed by atoms with Gasteiger partial charge in [-0.1, -0.05) is 35.0 Å². The summed E-state index contributed by atoms with van der Waals surface area (Å²) < 4.78 is 10.7. The van der Waals surface area contributed by atoms with Crippen LogP contribution in [0, 0.1) is 0 Å². The van der Waals surface area contributed by atoms with E-state index in [9.17, 15) is 4.79 Å². The average molecular weight is 372 g/mol. The van der Waals surface area contributed by atoms with Crippen LogP contribution < -0.4 is 10.2 Å². The highest BCUT2D eigenvalue weighted by Gasteiger charge is 2.20. The first kappa shape index (κ1) is 16.9. The number of rotatable bonds is 4. The summed E-state index contributed by atoms with van der Waals surface area (Å²) in [6, 6.07) is 13.0. The van der Waals surface area contributed by atoms with Crippen LogP contribution in [0.2, 0.25) is 5.02 Å². The Labute approximate surface area is 155 Å². The quantitative estimate of drug-likeness (QED) is 0.760. The number of nitrogens with one attached hydrogen (secondary N) is 1. The molecule has 0 spiro atoms. The van der Waals surface area contributed by atoms with Gasteiger partial charge in [-0.15, -0.1) is 0 Å². The Morgan fingerprint density at radius 1 is 1.15 bits per heavy atom. The number of amides is 1. The van der Waals surface area contributed by atoms with Crippen LogP contribution in [0.25, 0.3) is 11.0 Å². The summed E-state index contributed by atoms with van der Waals surface area (Å²) in [6.45, 7) is 2.76. The number of para-hydroxylation sites is 2. The van der Waals surface area contributed by atoms with E-state index in [1.165, 1.54) is 0 Å². The van der Waals surface area contributed by atoms with Crippen molar-refractivity contribution < 1.29 is 14.1 Å². The molecule has 26 heavy (non-hydrogen) atoms. The number of ether oxygens (including phenoxy) is 1. The highest BCUT2D eigenvalue weighted by atomic mass is 35.5. The molecule has 4 rings (SSSR count). The first-order chi connectivity index (χ1) is 12.7. The molecule has 1 fully saturated rings. The highest BCUT2D eigenvalue weighted by Crippen LogP contribution is 2.34. The molecule has 2 aromatic carbocycles. The largest absolute Gasteiger partial charge is 0.378 e. The molecule has 1 amide bonds. The van der Waals surface area contributed by atoms with Crippen LogP contribution in [0.15, 0.2) is 47.0 Å². The molecule has 3 aromatic rings. The zero-order valence-electron chi connectivity index (χ0n) is 14.1. The Bertz CT molecular complexity index is 935. The Morgan fingerprint density at radius 2 is 1.96 bits per heavy atom. The van der Waals surface area contributed by atoms with Gasteiger partial charge < -0.3 is 19.5 Å². The molecular weight excluding hydrogens is 354 g/mol. The van der Waals surface area contributed by atoms with Crippen molar-refractivity contribution in [2.24, 2.45) is 0 Å². The predicted molar refractivity (Wildman–Crippen MR) is 101 cm³/mol. The van der Waals surface area contributed by atoms with Crippen LogP contribution in [0.4, 0.5) is 11.4 Å². The lowest BCUT2D eigenvalue weighted by molar-refractivity contribution is -0.115. The third kappa shape index (κ3) is 3.38. The fourth-order valence-corrected chi connectivity index (χ4v) is 3.43. The van der Waals surface area contributed by atoms with E-state index in [1.54, 1.807) is 0 Å². The topological polar surface area (TPSA) is 67.6 Å². The van der Waals surface area contributed by atoms with Crippen molar-refractivity contribution in [3.63, 3.8) is 0 Å². The Kier molecular flexibility index (Phi) is 4.77. The van der Waals surface area contributed by atoms with Gasteiger partial charge in [0.15, 0.2) is 5.58 Å². The molecule has 0 aliphatic carbocycles. The molecule has 7 heteroatoms. The van der Waals surface area contributed by atoms with E-state index >= 15 is 0 Å². The molecule has 0 saturated carbocycles.